The molecule has 0 N–H and O–H groups in total. The highest BCUT2D eigenvalue weighted by atomic mass is 16.5. The van der Waals surface area contributed by atoms with Gasteiger partial charge in [0.25, 0.3) is 0 Å². The minimum atomic E-state index is 0.435. The Kier molecular flexibility index (Phi) is 4.60. The van der Waals surface area contributed by atoms with Gasteiger partial charge in [0, 0.05) is 57.0 Å². The summed E-state index contributed by atoms with van der Waals surface area (Å²) in [5.74, 6) is 2.84. The maximum absolute atomic E-state index is 5.83. The second-order valence-electron chi connectivity index (χ2n) is 7.55. The Bertz CT molecular complexity index is 732. The van der Waals surface area contributed by atoms with Crippen LogP contribution in [0.25, 0.3) is 0 Å². The molecule has 0 bridgehead atoms. The predicted octanol–water partition coefficient (Wildman–Crippen LogP) is 1.69. The highest BCUT2D eigenvalue weighted by Crippen LogP contribution is 2.29. The third-order valence-corrected chi connectivity index (χ3v) is 5.61. The van der Waals surface area contributed by atoms with E-state index < -0.39 is 0 Å². The molecule has 1 atom stereocenters. The lowest BCUT2D eigenvalue weighted by Gasteiger charge is -2.26. The SMILES string of the molecule is Cc1c(CN2CCn3c(COCC4CC4)nnc3C[C@@H]2C)cnn1C. The average Bonchev–Trinajstić information content (AvgIpc) is 3.30. The Morgan fingerprint density at radius 1 is 1.24 bits per heavy atom. The molecule has 0 spiro atoms. The molecular weight excluding hydrogens is 316 g/mol. The van der Waals surface area contributed by atoms with Crippen molar-refractivity contribution in [2.45, 2.75) is 58.8 Å². The van der Waals surface area contributed by atoms with E-state index in [4.69, 9.17) is 4.74 Å². The van der Waals surface area contributed by atoms with Gasteiger partial charge in [0.05, 0.1) is 6.20 Å². The monoisotopic (exact) mass is 344 g/mol. The molecule has 0 aromatic carbocycles. The van der Waals surface area contributed by atoms with Crippen molar-refractivity contribution < 1.29 is 4.74 Å². The smallest absolute Gasteiger partial charge is 0.159 e. The average molecular weight is 344 g/mol. The zero-order chi connectivity index (χ0) is 17.4. The first-order valence-electron chi connectivity index (χ1n) is 9.32. The summed E-state index contributed by atoms with van der Waals surface area (Å²) in [5.41, 5.74) is 2.55. The molecule has 25 heavy (non-hydrogen) atoms. The second kappa shape index (κ2) is 6.88. The summed E-state index contributed by atoms with van der Waals surface area (Å²) in [5, 5.41) is 13.2. The Morgan fingerprint density at radius 2 is 2.08 bits per heavy atom. The quantitative estimate of drug-likeness (QED) is 0.798. The van der Waals surface area contributed by atoms with Crippen LogP contribution in [0.5, 0.6) is 0 Å². The van der Waals surface area contributed by atoms with Gasteiger partial charge in [-0.1, -0.05) is 0 Å². The van der Waals surface area contributed by atoms with Gasteiger partial charge in [-0.25, -0.2) is 0 Å². The normalized spacial score (nSPS) is 21.3. The van der Waals surface area contributed by atoms with Gasteiger partial charge in [-0.2, -0.15) is 5.10 Å². The lowest BCUT2D eigenvalue weighted by molar-refractivity contribution is 0.103. The van der Waals surface area contributed by atoms with Crippen LogP contribution in [0.4, 0.5) is 0 Å². The lowest BCUT2D eigenvalue weighted by atomic mass is 10.1. The summed E-state index contributed by atoms with van der Waals surface area (Å²) in [6.45, 7) is 8.72. The maximum atomic E-state index is 5.83. The lowest BCUT2D eigenvalue weighted by Crippen LogP contribution is -2.34. The highest BCUT2D eigenvalue weighted by Gasteiger charge is 2.25. The first-order valence-corrected chi connectivity index (χ1v) is 9.32. The van der Waals surface area contributed by atoms with Crippen LogP contribution in [-0.2, 0) is 37.9 Å². The van der Waals surface area contributed by atoms with Crippen molar-refractivity contribution in [1.82, 2.24) is 29.4 Å². The van der Waals surface area contributed by atoms with E-state index >= 15 is 0 Å². The van der Waals surface area contributed by atoms with Gasteiger partial charge in [0.1, 0.15) is 12.4 Å². The Balaban J connectivity index is 1.41. The number of rotatable bonds is 6. The Labute approximate surface area is 149 Å². The van der Waals surface area contributed by atoms with Gasteiger partial charge in [0.15, 0.2) is 5.82 Å². The molecular formula is C18H28N6O. The van der Waals surface area contributed by atoms with E-state index in [0.717, 1.165) is 50.2 Å². The topological polar surface area (TPSA) is 61.0 Å². The molecule has 7 heteroatoms. The van der Waals surface area contributed by atoms with Crippen LogP contribution >= 0.6 is 0 Å². The summed E-state index contributed by atoms with van der Waals surface area (Å²) in [4.78, 5) is 2.52. The van der Waals surface area contributed by atoms with E-state index in [9.17, 15) is 0 Å². The van der Waals surface area contributed by atoms with Crippen LogP contribution in [0, 0.1) is 12.8 Å². The fourth-order valence-electron chi connectivity index (χ4n) is 3.48. The molecule has 1 aliphatic heterocycles. The van der Waals surface area contributed by atoms with Crippen molar-refractivity contribution in [3.63, 3.8) is 0 Å². The molecule has 7 nitrogen and oxygen atoms in total. The summed E-state index contributed by atoms with van der Waals surface area (Å²) in [7, 11) is 2.00. The summed E-state index contributed by atoms with van der Waals surface area (Å²) in [6.07, 6.45) is 5.55. The molecule has 0 unspecified atom stereocenters. The van der Waals surface area contributed by atoms with E-state index in [1.807, 2.05) is 17.9 Å². The molecule has 2 aromatic rings. The molecule has 2 aromatic heterocycles. The first kappa shape index (κ1) is 16.7. The van der Waals surface area contributed by atoms with Gasteiger partial charge >= 0.3 is 0 Å². The van der Waals surface area contributed by atoms with Crippen molar-refractivity contribution in [3.05, 3.63) is 29.1 Å². The van der Waals surface area contributed by atoms with Gasteiger partial charge in [-0.05, 0) is 32.6 Å². The first-order chi connectivity index (χ1) is 12.1. The fourth-order valence-corrected chi connectivity index (χ4v) is 3.48. The molecule has 0 saturated heterocycles. The van der Waals surface area contributed by atoms with Crippen molar-refractivity contribution >= 4 is 0 Å². The van der Waals surface area contributed by atoms with Crippen molar-refractivity contribution in [1.29, 1.82) is 0 Å². The second-order valence-corrected chi connectivity index (χ2v) is 7.55. The zero-order valence-electron chi connectivity index (χ0n) is 15.5. The van der Waals surface area contributed by atoms with E-state index in [-0.39, 0.29) is 0 Å². The van der Waals surface area contributed by atoms with Gasteiger partial charge < -0.3 is 9.30 Å². The van der Waals surface area contributed by atoms with Crippen molar-refractivity contribution in [2.75, 3.05) is 13.2 Å². The van der Waals surface area contributed by atoms with Gasteiger partial charge in [0.2, 0.25) is 0 Å². The van der Waals surface area contributed by atoms with Gasteiger partial charge in [-0.15, -0.1) is 10.2 Å². The third kappa shape index (κ3) is 3.62. The fraction of sp³-hybridized carbons (Fsp3) is 0.722. The zero-order valence-corrected chi connectivity index (χ0v) is 15.5. The molecule has 4 rings (SSSR count). The Hall–Kier alpha value is -1.73. The van der Waals surface area contributed by atoms with Crippen molar-refractivity contribution in [2.24, 2.45) is 13.0 Å². The number of fused-ring (bicyclic) bond motifs is 1. The summed E-state index contributed by atoms with van der Waals surface area (Å²) >= 11 is 0. The number of ether oxygens (including phenoxy) is 1. The molecule has 2 aliphatic rings. The molecule has 1 saturated carbocycles. The minimum Gasteiger partial charge on any atom is -0.373 e. The molecule has 0 amide bonds. The molecule has 3 heterocycles. The predicted molar refractivity (Wildman–Crippen MR) is 93.9 cm³/mol. The molecule has 136 valence electrons. The summed E-state index contributed by atoms with van der Waals surface area (Å²) in [6, 6.07) is 0.435. The van der Waals surface area contributed by atoms with Crippen LogP contribution in [0.2, 0.25) is 0 Å². The van der Waals surface area contributed by atoms with Crippen molar-refractivity contribution in [3.8, 4) is 0 Å². The van der Waals surface area contributed by atoms with E-state index in [2.05, 4.69) is 38.6 Å². The maximum Gasteiger partial charge on any atom is 0.159 e. The van der Waals surface area contributed by atoms with Crippen LogP contribution in [0.3, 0.4) is 0 Å². The highest BCUT2D eigenvalue weighted by molar-refractivity contribution is 5.16. The number of hydrogen-bond acceptors (Lipinski definition) is 5. The molecule has 1 aliphatic carbocycles. The van der Waals surface area contributed by atoms with Crippen LogP contribution in [0.1, 0.15) is 42.7 Å². The van der Waals surface area contributed by atoms with E-state index in [1.165, 1.54) is 24.1 Å². The third-order valence-electron chi connectivity index (χ3n) is 5.61. The largest absolute Gasteiger partial charge is 0.373 e. The number of aryl methyl sites for hydroxylation is 1. The number of nitrogens with zero attached hydrogens (tertiary/aromatic N) is 6. The van der Waals surface area contributed by atoms with Crippen LogP contribution in [-0.4, -0.2) is 48.6 Å². The van der Waals surface area contributed by atoms with Gasteiger partial charge in [-0.3, -0.25) is 9.58 Å². The standard InChI is InChI=1S/C18H28N6O/c1-13-8-17-20-21-18(12-25-11-15-4-5-15)24(17)7-6-23(13)10-16-9-19-22(3)14(16)2/h9,13,15H,4-8,10-12H2,1-3H3/t13-/m0/s1. The van der Waals surface area contributed by atoms with Crippen LogP contribution in [0.15, 0.2) is 6.20 Å². The van der Waals surface area contributed by atoms with E-state index in [1.54, 1.807) is 0 Å². The minimum absolute atomic E-state index is 0.435. The molecule has 1 fully saturated rings. The number of hydrogen-bond donors (Lipinski definition) is 0. The van der Waals surface area contributed by atoms with Crippen LogP contribution < -0.4 is 0 Å². The Morgan fingerprint density at radius 3 is 2.80 bits per heavy atom. The number of aromatic nitrogens is 5. The molecule has 0 radical (unpaired) electrons. The van der Waals surface area contributed by atoms with E-state index in [0.29, 0.717) is 12.6 Å². The summed E-state index contributed by atoms with van der Waals surface area (Å²) < 4.78 is 10.0.